The van der Waals surface area contributed by atoms with E-state index in [9.17, 15) is 10.4 Å². The van der Waals surface area contributed by atoms with E-state index in [1.54, 1.807) is 61.5 Å². The van der Waals surface area contributed by atoms with Crippen molar-refractivity contribution >= 4 is 16.9 Å². The molecule has 0 saturated heterocycles. The summed E-state index contributed by atoms with van der Waals surface area (Å²) < 4.78 is 24.4. The van der Waals surface area contributed by atoms with E-state index in [4.69, 9.17) is 18.9 Å². The van der Waals surface area contributed by atoms with Crippen molar-refractivity contribution in [2.75, 3.05) is 0 Å². The molecule has 1 aromatic rings. The minimum Gasteiger partial charge on any atom is -0.714 e. The summed E-state index contributed by atoms with van der Waals surface area (Å²) in [5, 5.41) is 26.8. The Morgan fingerprint density at radius 2 is 1.36 bits per heavy atom. The first kappa shape index (κ1) is 19.3. The minimum atomic E-state index is -0.911. The molecule has 153 valence electrons. The number of benzene rings is 1. The van der Waals surface area contributed by atoms with Crippen LogP contribution in [0.1, 0.15) is 55.4 Å². The Morgan fingerprint density at radius 1 is 0.893 bits per heavy atom. The fraction of sp³-hybridized carbons (Fsp3) is 0.632. The maximum absolute atomic E-state index is 13.0. The number of hydroxylamine groups is 3. The van der Waals surface area contributed by atoms with Gasteiger partial charge in [0.05, 0.1) is 0 Å². The number of ether oxygens (including phenoxy) is 4. The van der Waals surface area contributed by atoms with Crippen LogP contribution in [-0.4, -0.2) is 37.6 Å². The van der Waals surface area contributed by atoms with Gasteiger partial charge in [0.1, 0.15) is 10.4 Å². The van der Waals surface area contributed by atoms with Gasteiger partial charge >= 0.3 is 5.17 Å². The summed E-state index contributed by atoms with van der Waals surface area (Å²) in [7, 11) is 0. The first-order valence-electron chi connectivity index (χ1n) is 9.13. The quantitative estimate of drug-likeness (QED) is 0.514. The molecule has 0 unspecified atom stereocenters. The van der Waals surface area contributed by atoms with Crippen molar-refractivity contribution in [1.29, 1.82) is 0 Å². The molecule has 3 aliphatic rings. The van der Waals surface area contributed by atoms with Crippen molar-refractivity contribution in [2.45, 2.75) is 82.9 Å². The topological polar surface area (TPSA) is 86.1 Å². The molecule has 0 atom stereocenters. The van der Waals surface area contributed by atoms with Crippen molar-refractivity contribution in [1.82, 2.24) is 5.06 Å². The zero-order valence-corrected chi connectivity index (χ0v) is 18.1. The van der Waals surface area contributed by atoms with E-state index in [2.05, 4.69) is 0 Å². The number of amidine groups is 1. The number of nitrogens with zero attached hydrogens (tertiary/aromatic N) is 2. The van der Waals surface area contributed by atoms with E-state index in [1.807, 2.05) is 0 Å². The van der Waals surface area contributed by atoms with Gasteiger partial charge in [-0.3, -0.25) is 0 Å². The molecule has 0 aromatic heterocycles. The molecule has 0 spiro atoms. The fourth-order valence-electron chi connectivity index (χ4n) is 3.31. The smallest absolute Gasteiger partial charge is 0.351 e. The Morgan fingerprint density at radius 3 is 1.75 bits per heavy atom. The third kappa shape index (κ3) is 2.52. The number of thioether (sulfide) groups is 1. The van der Waals surface area contributed by atoms with Crippen LogP contribution in [0.4, 0.5) is 0 Å². The molecule has 0 saturated carbocycles. The van der Waals surface area contributed by atoms with Crippen molar-refractivity contribution in [3.63, 3.8) is 0 Å². The van der Waals surface area contributed by atoms with Gasteiger partial charge in [0.2, 0.25) is 11.6 Å². The van der Waals surface area contributed by atoms with Gasteiger partial charge in [-0.2, -0.15) is 0 Å². The summed E-state index contributed by atoms with van der Waals surface area (Å²) >= 11 is 1.02. The van der Waals surface area contributed by atoms with Crippen molar-refractivity contribution in [3.05, 3.63) is 11.3 Å². The summed E-state index contributed by atoms with van der Waals surface area (Å²) in [5.41, 5.74) is -1.82. The Bertz CT molecular complexity index is 864. The molecule has 1 aromatic carbocycles. The highest BCUT2D eigenvalue weighted by atomic mass is 32.2. The van der Waals surface area contributed by atoms with Gasteiger partial charge in [-0.15, -0.1) is 0 Å². The molecule has 0 bridgehead atoms. The van der Waals surface area contributed by atoms with Crippen LogP contribution in [0, 0.1) is 5.21 Å². The number of hydrogen-bond donors (Lipinski definition) is 0. The Kier molecular flexibility index (Phi) is 3.67. The van der Waals surface area contributed by atoms with Crippen LogP contribution in [0.25, 0.3) is 0 Å². The monoisotopic (exact) mass is 409 g/mol. The lowest BCUT2D eigenvalue weighted by Gasteiger charge is -2.32. The maximum atomic E-state index is 13.0. The van der Waals surface area contributed by atoms with Crippen LogP contribution >= 0.6 is 11.8 Å². The second kappa shape index (κ2) is 5.33. The van der Waals surface area contributed by atoms with Gasteiger partial charge in [-0.05, 0) is 27.7 Å². The highest BCUT2D eigenvalue weighted by molar-refractivity contribution is 8.13. The Hall–Kier alpha value is -2.00. The van der Waals surface area contributed by atoms with Crippen molar-refractivity contribution in [3.8, 4) is 23.0 Å². The van der Waals surface area contributed by atoms with Gasteiger partial charge < -0.3 is 24.2 Å². The normalized spacial score (nSPS) is 24.8. The molecule has 28 heavy (non-hydrogen) atoms. The lowest BCUT2D eigenvalue weighted by atomic mass is 9.84. The minimum absolute atomic E-state index is 0.0206. The first-order chi connectivity index (χ1) is 12.7. The summed E-state index contributed by atoms with van der Waals surface area (Å²) in [6.45, 7) is 14.2. The molecule has 0 N–H and O–H groups in total. The molecule has 1 radical (unpaired) electrons. The second-order valence-corrected chi connectivity index (χ2v) is 10.1. The SMILES string of the molecule is CC1(C)Oc2cc3c(c(SC4=[N+]([O-])C(C)(C)C(C)(C)N4[O])c2O1)OC(C)(C)O3. The van der Waals surface area contributed by atoms with Gasteiger partial charge in [0.15, 0.2) is 28.5 Å². The fourth-order valence-corrected chi connectivity index (χ4v) is 4.58. The van der Waals surface area contributed by atoms with Gasteiger partial charge in [-0.25, -0.2) is 4.74 Å². The van der Waals surface area contributed by atoms with Gasteiger partial charge in [-0.1, -0.05) is 5.06 Å². The third-order valence-corrected chi connectivity index (χ3v) is 6.67. The molecular weight excluding hydrogens is 384 g/mol. The Labute approximate surface area is 168 Å². The van der Waals surface area contributed by atoms with E-state index < -0.39 is 22.7 Å². The zero-order valence-electron chi connectivity index (χ0n) is 17.3. The second-order valence-electron chi connectivity index (χ2n) is 9.16. The molecule has 0 fully saturated rings. The summed E-state index contributed by atoms with van der Waals surface area (Å²) in [6.07, 6.45) is 0. The molecule has 8 nitrogen and oxygen atoms in total. The molecule has 9 heteroatoms. The van der Waals surface area contributed by atoms with E-state index in [0.717, 1.165) is 21.6 Å². The van der Waals surface area contributed by atoms with E-state index >= 15 is 0 Å². The third-order valence-electron chi connectivity index (χ3n) is 5.58. The predicted molar refractivity (Wildman–Crippen MR) is 102 cm³/mol. The van der Waals surface area contributed by atoms with Crippen LogP contribution in [0.5, 0.6) is 23.0 Å². The molecule has 4 rings (SSSR count). The Balaban J connectivity index is 1.85. The van der Waals surface area contributed by atoms with Crippen molar-refractivity contribution < 1.29 is 28.9 Å². The van der Waals surface area contributed by atoms with E-state index in [0.29, 0.717) is 27.9 Å². The molecule has 0 amide bonds. The zero-order chi connectivity index (χ0) is 20.9. The summed E-state index contributed by atoms with van der Waals surface area (Å²) in [6, 6.07) is 1.72. The highest BCUT2D eigenvalue weighted by Crippen LogP contribution is 2.58. The maximum Gasteiger partial charge on any atom is 0.351 e. The van der Waals surface area contributed by atoms with Crippen molar-refractivity contribution in [2.24, 2.45) is 0 Å². The average Bonchev–Trinajstić information content (AvgIpc) is 3.05. The molecular formula is C19H25N2O6S. The number of hydrogen-bond acceptors (Lipinski definition) is 7. The largest absolute Gasteiger partial charge is 0.714 e. The van der Waals surface area contributed by atoms with Gasteiger partial charge in [0, 0.05) is 50.7 Å². The van der Waals surface area contributed by atoms with E-state index in [-0.39, 0.29) is 5.17 Å². The first-order valence-corrected chi connectivity index (χ1v) is 9.94. The molecule has 3 heterocycles. The summed E-state index contributed by atoms with van der Waals surface area (Å²) in [5.74, 6) is 0.0862. The molecule has 3 aliphatic heterocycles. The van der Waals surface area contributed by atoms with Gasteiger partial charge in [0.25, 0.3) is 0 Å². The number of fused-ring (bicyclic) bond motifs is 2. The van der Waals surface area contributed by atoms with E-state index in [1.165, 1.54) is 0 Å². The lowest BCUT2D eigenvalue weighted by Crippen LogP contribution is -2.53. The lowest BCUT2D eigenvalue weighted by molar-refractivity contribution is -0.538. The highest BCUT2D eigenvalue weighted by Gasteiger charge is 2.60. The van der Waals surface area contributed by atoms with Crippen LogP contribution in [0.3, 0.4) is 0 Å². The molecule has 0 aliphatic carbocycles. The number of rotatable bonds is 1. The van der Waals surface area contributed by atoms with Crippen LogP contribution in [0.2, 0.25) is 0 Å². The van der Waals surface area contributed by atoms with Crippen LogP contribution in [0.15, 0.2) is 11.0 Å². The standard InChI is InChI=1S/C19H25N2O6S/c1-16(2)17(3,4)21(23)15(20(16)22)28-14-12-10(24-18(5,6)26-12)9-11-13(14)27-19(7,8)25-11/h9H,1-8H3. The predicted octanol–water partition coefficient (Wildman–Crippen LogP) is 3.88. The van der Waals surface area contributed by atoms with Crippen LogP contribution < -0.4 is 18.9 Å². The summed E-state index contributed by atoms with van der Waals surface area (Å²) in [4.78, 5) is 0.494. The van der Waals surface area contributed by atoms with Crippen LogP contribution in [-0.2, 0) is 5.21 Å². The average molecular weight is 409 g/mol.